The zero-order valence-electron chi connectivity index (χ0n) is 10.4. The third-order valence-corrected chi connectivity index (χ3v) is 2.79. The van der Waals surface area contributed by atoms with Gasteiger partial charge in [0.2, 0.25) is 5.91 Å². The Kier molecular flexibility index (Phi) is 5.57. The highest BCUT2D eigenvalue weighted by Gasteiger charge is 2.23. The third kappa shape index (κ3) is 4.10. The van der Waals surface area contributed by atoms with Crippen molar-refractivity contribution in [2.24, 2.45) is 16.8 Å². The number of carbonyl (C=O) groups excluding carboxylic acids is 1. The molecule has 19 heavy (non-hydrogen) atoms. The van der Waals surface area contributed by atoms with Gasteiger partial charge in [-0.3, -0.25) is 4.79 Å². The Bertz CT molecular complexity index is 494. The summed E-state index contributed by atoms with van der Waals surface area (Å²) in [5.74, 6) is -2.17. The molecule has 4 N–H and O–H groups in total. The van der Waals surface area contributed by atoms with E-state index in [1.54, 1.807) is 0 Å². The molecule has 0 aliphatic rings. The largest absolute Gasteiger partial charge is 0.409 e. The number of nitrogens with two attached hydrogens (primary N) is 1. The first-order chi connectivity index (χ1) is 8.99. The van der Waals surface area contributed by atoms with Crippen LogP contribution in [0.3, 0.4) is 0 Å². The van der Waals surface area contributed by atoms with Crippen molar-refractivity contribution in [3.05, 3.63) is 29.0 Å². The summed E-state index contributed by atoms with van der Waals surface area (Å²) in [6.07, 6.45) is 1.06. The Balaban J connectivity index is 2.87. The van der Waals surface area contributed by atoms with Crippen LogP contribution >= 0.6 is 11.6 Å². The molecule has 1 rings (SSSR count). The number of rotatable bonds is 5. The van der Waals surface area contributed by atoms with Crippen molar-refractivity contribution in [2.75, 3.05) is 5.32 Å². The van der Waals surface area contributed by atoms with Gasteiger partial charge in [0, 0.05) is 5.02 Å². The molecule has 1 atom stereocenters. The second-order valence-corrected chi connectivity index (χ2v) is 4.42. The van der Waals surface area contributed by atoms with Crippen LogP contribution in [0, 0.1) is 11.7 Å². The van der Waals surface area contributed by atoms with E-state index in [2.05, 4.69) is 10.5 Å². The fraction of sp³-hybridized carbons (Fsp3) is 0.333. The Morgan fingerprint density at radius 1 is 1.63 bits per heavy atom. The van der Waals surface area contributed by atoms with Gasteiger partial charge in [-0.15, -0.1) is 0 Å². The Hall–Kier alpha value is -1.82. The molecule has 104 valence electrons. The van der Waals surface area contributed by atoms with E-state index in [1.165, 1.54) is 12.1 Å². The molecule has 0 aromatic heterocycles. The molecule has 0 heterocycles. The molecule has 7 heteroatoms. The van der Waals surface area contributed by atoms with Crippen molar-refractivity contribution < 1.29 is 14.4 Å². The number of hydrogen-bond donors (Lipinski definition) is 3. The lowest BCUT2D eigenvalue weighted by Crippen LogP contribution is -2.34. The molecule has 0 saturated carbocycles. The van der Waals surface area contributed by atoms with Crippen LogP contribution in [0.1, 0.15) is 19.8 Å². The Morgan fingerprint density at radius 3 is 2.84 bits per heavy atom. The second kappa shape index (κ2) is 6.94. The van der Waals surface area contributed by atoms with Gasteiger partial charge in [-0.1, -0.05) is 30.1 Å². The van der Waals surface area contributed by atoms with Gasteiger partial charge in [0.1, 0.15) is 5.82 Å². The second-order valence-electron chi connectivity index (χ2n) is 3.98. The molecule has 1 unspecified atom stereocenters. The molecule has 0 fully saturated rings. The number of anilines is 1. The molecule has 1 aromatic carbocycles. The average Bonchev–Trinajstić information content (AvgIpc) is 2.38. The van der Waals surface area contributed by atoms with Crippen LogP contribution in [-0.2, 0) is 4.79 Å². The highest BCUT2D eigenvalue weighted by Crippen LogP contribution is 2.20. The van der Waals surface area contributed by atoms with Crippen LogP contribution in [0.4, 0.5) is 10.1 Å². The number of oxime groups is 1. The summed E-state index contributed by atoms with van der Waals surface area (Å²) in [6, 6.07) is 3.90. The van der Waals surface area contributed by atoms with Crippen LogP contribution in [-0.4, -0.2) is 17.0 Å². The van der Waals surface area contributed by atoms with Gasteiger partial charge in [0.15, 0.2) is 5.84 Å². The van der Waals surface area contributed by atoms with E-state index in [-0.39, 0.29) is 16.5 Å². The van der Waals surface area contributed by atoms with E-state index in [4.69, 9.17) is 22.5 Å². The van der Waals surface area contributed by atoms with Crippen LogP contribution in [0.5, 0.6) is 0 Å². The molecule has 1 aromatic rings. The summed E-state index contributed by atoms with van der Waals surface area (Å²) in [5, 5.41) is 14.1. The molecule has 0 bridgehead atoms. The SMILES string of the molecule is CCCC(C(=O)Nc1ccc(Cl)cc1F)C(N)=NO. The number of benzene rings is 1. The smallest absolute Gasteiger partial charge is 0.235 e. The monoisotopic (exact) mass is 287 g/mol. The minimum atomic E-state index is -0.801. The molecule has 5 nitrogen and oxygen atoms in total. The highest BCUT2D eigenvalue weighted by molar-refractivity contribution is 6.30. The number of nitrogens with zero attached hydrogens (tertiary/aromatic N) is 1. The summed E-state index contributed by atoms with van der Waals surface area (Å²) in [6.45, 7) is 1.85. The van der Waals surface area contributed by atoms with Crippen molar-refractivity contribution in [1.29, 1.82) is 0 Å². The van der Waals surface area contributed by atoms with Gasteiger partial charge in [0.25, 0.3) is 0 Å². The zero-order valence-corrected chi connectivity index (χ0v) is 11.1. The zero-order chi connectivity index (χ0) is 14.4. The molecule has 1 amide bonds. The molecule has 0 spiro atoms. The fourth-order valence-electron chi connectivity index (χ4n) is 1.58. The Morgan fingerprint density at radius 2 is 2.32 bits per heavy atom. The maximum absolute atomic E-state index is 13.5. The number of amides is 1. The van der Waals surface area contributed by atoms with Crippen molar-refractivity contribution in [3.63, 3.8) is 0 Å². The summed E-state index contributed by atoms with van der Waals surface area (Å²) in [5.41, 5.74) is 5.45. The lowest BCUT2D eigenvalue weighted by Gasteiger charge is -2.15. The predicted molar refractivity (Wildman–Crippen MR) is 71.8 cm³/mol. The summed E-state index contributed by atoms with van der Waals surface area (Å²) in [7, 11) is 0. The summed E-state index contributed by atoms with van der Waals surface area (Å²) < 4.78 is 13.5. The van der Waals surface area contributed by atoms with Gasteiger partial charge in [-0.2, -0.15) is 0 Å². The van der Waals surface area contributed by atoms with E-state index in [9.17, 15) is 9.18 Å². The first-order valence-corrected chi connectivity index (χ1v) is 6.10. The van der Waals surface area contributed by atoms with Gasteiger partial charge < -0.3 is 16.3 Å². The quantitative estimate of drug-likeness (QED) is 0.337. The minimum absolute atomic E-state index is 0.00115. The van der Waals surface area contributed by atoms with Crippen molar-refractivity contribution in [2.45, 2.75) is 19.8 Å². The lowest BCUT2D eigenvalue weighted by molar-refractivity contribution is -0.118. The maximum Gasteiger partial charge on any atom is 0.235 e. The first kappa shape index (κ1) is 15.2. The van der Waals surface area contributed by atoms with Crippen molar-refractivity contribution in [1.82, 2.24) is 0 Å². The number of carbonyl (C=O) groups is 1. The van der Waals surface area contributed by atoms with Crippen LogP contribution in [0.25, 0.3) is 0 Å². The van der Waals surface area contributed by atoms with Crippen LogP contribution in [0.15, 0.2) is 23.4 Å². The van der Waals surface area contributed by atoms with E-state index in [0.29, 0.717) is 12.8 Å². The third-order valence-electron chi connectivity index (χ3n) is 2.56. The average molecular weight is 288 g/mol. The number of halogens is 2. The molecule has 0 aliphatic carbocycles. The summed E-state index contributed by atoms with van der Waals surface area (Å²) >= 11 is 5.61. The number of hydrogen-bond acceptors (Lipinski definition) is 3. The van der Waals surface area contributed by atoms with Gasteiger partial charge in [-0.25, -0.2) is 4.39 Å². The van der Waals surface area contributed by atoms with Crippen LogP contribution in [0.2, 0.25) is 5.02 Å². The van der Waals surface area contributed by atoms with E-state index in [0.717, 1.165) is 6.07 Å². The molecular weight excluding hydrogens is 273 g/mol. The van der Waals surface area contributed by atoms with E-state index >= 15 is 0 Å². The number of nitrogens with one attached hydrogen (secondary N) is 1. The van der Waals surface area contributed by atoms with Crippen molar-refractivity contribution in [3.8, 4) is 0 Å². The highest BCUT2D eigenvalue weighted by atomic mass is 35.5. The standard InChI is InChI=1S/C12H15ClFN3O2/c1-2-3-8(11(15)17-19)12(18)16-10-5-4-7(13)6-9(10)14/h4-6,8,19H,2-3H2,1H3,(H2,15,17)(H,16,18). The lowest BCUT2D eigenvalue weighted by atomic mass is 10.0. The first-order valence-electron chi connectivity index (χ1n) is 5.73. The van der Waals surface area contributed by atoms with Crippen LogP contribution < -0.4 is 11.1 Å². The topological polar surface area (TPSA) is 87.7 Å². The normalized spacial score (nSPS) is 13.1. The van der Waals surface area contributed by atoms with E-state index in [1.807, 2.05) is 6.92 Å². The predicted octanol–water partition coefficient (Wildman–Crippen LogP) is 2.58. The fourth-order valence-corrected chi connectivity index (χ4v) is 1.74. The molecule has 0 aliphatic heterocycles. The minimum Gasteiger partial charge on any atom is -0.409 e. The molecule has 0 radical (unpaired) electrons. The summed E-state index contributed by atoms with van der Waals surface area (Å²) in [4.78, 5) is 12.0. The van der Waals surface area contributed by atoms with Gasteiger partial charge in [0.05, 0.1) is 11.6 Å². The van der Waals surface area contributed by atoms with Crippen molar-refractivity contribution >= 4 is 29.0 Å². The van der Waals surface area contributed by atoms with Gasteiger partial charge in [-0.05, 0) is 24.6 Å². The van der Waals surface area contributed by atoms with E-state index < -0.39 is 17.6 Å². The molecular formula is C12H15ClFN3O2. The van der Waals surface area contributed by atoms with Gasteiger partial charge >= 0.3 is 0 Å². The number of amidine groups is 1. The Labute approximate surface area is 115 Å². The molecule has 0 saturated heterocycles. The maximum atomic E-state index is 13.5.